The van der Waals surface area contributed by atoms with E-state index in [0.29, 0.717) is 58.9 Å². The number of aryl methyl sites for hydroxylation is 1. The largest absolute Gasteiger partial charge is 0.378 e. The fraction of sp³-hybridized carbons (Fsp3) is 0.429. The number of hydrogen-bond donors (Lipinski definition) is 3. The van der Waals surface area contributed by atoms with E-state index in [0.717, 1.165) is 17.5 Å². The molecule has 1 aliphatic heterocycles. The molecule has 4 aromatic rings. The van der Waals surface area contributed by atoms with E-state index >= 15 is 0 Å². The third-order valence-electron chi connectivity index (χ3n) is 9.25. The van der Waals surface area contributed by atoms with Crippen LogP contribution in [0.1, 0.15) is 48.6 Å². The highest BCUT2D eigenvalue weighted by Gasteiger charge is 2.64. The molecule has 1 saturated carbocycles. The lowest BCUT2D eigenvalue weighted by Gasteiger charge is -2.27. The molecule has 1 aromatic carbocycles. The van der Waals surface area contributed by atoms with Crippen LogP contribution >= 0.6 is 15.9 Å². The number of anilines is 1. The summed E-state index contributed by atoms with van der Waals surface area (Å²) in [5.41, 5.74) is 8.33. The number of benzene rings is 1. The van der Waals surface area contributed by atoms with Crippen LogP contribution in [0.25, 0.3) is 22.0 Å². The second-order valence-corrected chi connectivity index (χ2v) is 13.9. The Kier molecular flexibility index (Phi) is 10.9. The molecule has 268 valence electrons. The minimum atomic E-state index is -0.654. The Hall–Kier alpha value is -4.64. The van der Waals surface area contributed by atoms with Gasteiger partial charge in [-0.05, 0) is 70.4 Å². The number of nitrogens with one attached hydrogen (secondary N) is 2. The number of piperidine rings is 1. The molecule has 1 saturated heterocycles. The molecule has 0 spiro atoms. The number of halogens is 1. The van der Waals surface area contributed by atoms with Gasteiger partial charge in [0.25, 0.3) is 0 Å². The maximum atomic E-state index is 13.9. The van der Waals surface area contributed by atoms with Crippen LogP contribution in [0.4, 0.5) is 5.82 Å². The summed E-state index contributed by atoms with van der Waals surface area (Å²) in [5, 5.41) is 10.8. The predicted octanol–water partition coefficient (Wildman–Crippen LogP) is 2.79. The standard InChI is InChI=1S/C35H40BrN9O6/c1-20-4-7-28(36)41-33(20)42-34(49)26-13-35(3)14-27(35)45(26)31(48)18-44-25-6-5-22(12-24(25)32(43-44)21(2)46)23-15-38-29(39-16-23)17-40-30(47)19-51-11-10-50-9-8-37/h4-7,12,15-16,26-27H,8-11,13-14,17-19,37H2,1-3H3,(H,40,47)(H,41,42,49)/t26-,27+,35-/m0/s1. The second kappa shape index (κ2) is 15.3. The summed E-state index contributed by atoms with van der Waals surface area (Å²) in [6.45, 7) is 6.78. The molecule has 4 N–H and O–H groups in total. The Bertz CT molecular complexity index is 1970. The van der Waals surface area contributed by atoms with Crippen molar-refractivity contribution in [2.75, 3.05) is 38.3 Å². The van der Waals surface area contributed by atoms with Crippen LogP contribution in [0.5, 0.6) is 0 Å². The van der Waals surface area contributed by atoms with Gasteiger partial charge in [-0.15, -0.1) is 0 Å². The Labute approximate surface area is 302 Å². The van der Waals surface area contributed by atoms with Crippen molar-refractivity contribution in [2.45, 2.75) is 58.8 Å². The molecule has 0 unspecified atom stereocenters. The number of nitrogens with zero attached hydrogens (tertiary/aromatic N) is 6. The quantitative estimate of drug-likeness (QED) is 0.0916. The highest BCUT2D eigenvalue weighted by Crippen LogP contribution is 2.59. The molecule has 4 heterocycles. The lowest BCUT2D eigenvalue weighted by molar-refractivity contribution is -0.138. The minimum absolute atomic E-state index is 0.0469. The molecule has 0 radical (unpaired) electrons. The Balaban J connectivity index is 1.13. The van der Waals surface area contributed by atoms with Crippen molar-refractivity contribution in [3.8, 4) is 11.1 Å². The topological polar surface area (TPSA) is 197 Å². The average Bonchev–Trinajstić information content (AvgIpc) is 3.47. The highest BCUT2D eigenvalue weighted by atomic mass is 79.9. The van der Waals surface area contributed by atoms with Gasteiger partial charge in [-0.1, -0.05) is 19.1 Å². The first kappa shape index (κ1) is 36.2. The van der Waals surface area contributed by atoms with Crippen molar-refractivity contribution in [1.29, 1.82) is 0 Å². The Morgan fingerprint density at radius 3 is 2.55 bits per heavy atom. The first-order valence-corrected chi connectivity index (χ1v) is 17.5. The first-order valence-electron chi connectivity index (χ1n) is 16.7. The van der Waals surface area contributed by atoms with E-state index in [-0.39, 0.29) is 67.0 Å². The zero-order chi connectivity index (χ0) is 36.3. The van der Waals surface area contributed by atoms with Crippen LogP contribution in [0.2, 0.25) is 0 Å². The van der Waals surface area contributed by atoms with Gasteiger partial charge in [0, 0.05) is 42.9 Å². The number of amides is 3. The van der Waals surface area contributed by atoms with Crippen LogP contribution in [-0.4, -0.2) is 98.2 Å². The van der Waals surface area contributed by atoms with E-state index < -0.39 is 6.04 Å². The predicted molar refractivity (Wildman–Crippen MR) is 190 cm³/mol. The van der Waals surface area contributed by atoms with Gasteiger partial charge in [-0.2, -0.15) is 5.10 Å². The fourth-order valence-corrected chi connectivity index (χ4v) is 6.74. The Morgan fingerprint density at radius 2 is 1.80 bits per heavy atom. The molecule has 3 amide bonds. The average molecular weight is 763 g/mol. The number of hydrogen-bond acceptors (Lipinski definition) is 11. The lowest BCUT2D eigenvalue weighted by atomic mass is 10.0. The van der Waals surface area contributed by atoms with Gasteiger partial charge in [-0.25, -0.2) is 15.0 Å². The van der Waals surface area contributed by atoms with Crippen molar-refractivity contribution in [1.82, 2.24) is 34.9 Å². The number of carbonyl (C=O) groups is 4. The maximum Gasteiger partial charge on any atom is 0.248 e. The molecular formula is C35H40BrN9O6. The van der Waals surface area contributed by atoms with Crippen molar-refractivity contribution in [3.05, 3.63) is 64.4 Å². The summed E-state index contributed by atoms with van der Waals surface area (Å²) in [4.78, 5) is 67.1. The number of carbonyl (C=O) groups excluding carboxylic acids is 4. The fourth-order valence-electron chi connectivity index (χ4n) is 6.43. The molecule has 2 fully saturated rings. The van der Waals surface area contributed by atoms with Gasteiger partial charge in [0.2, 0.25) is 17.7 Å². The number of ketones is 1. The zero-order valence-electron chi connectivity index (χ0n) is 28.6. The summed E-state index contributed by atoms with van der Waals surface area (Å²) in [6.07, 6.45) is 4.65. The van der Waals surface area contributed by atoms with E-state index in [1.165, 1.54) is 11.6 Å². The van der Waals surface area contributed by atoms with E-state index in [4.69, 9.17) is 15.2 Å². The SMILES string of the molecule is CC(=O)c1nn(CC(=O)N2[C@H](C(=O)Nc3nc(Br)ccc3C)C[C@@]3(C)C[C@@H]23)c2ccc(-c3cnc(CNC(=O)COCCOCCN)nc3)cc12. The van der Waals surface area contributed by atoms with Gasteiger partial charge in [-0.3, -0.25) is 23.9 Å². The van der Waals surface area contributed by atoms with Crippen LogP contribution in [0.3, 0.4) is 0 Å². The first-order chi connectivity index (χ1) is 24.5. The number of ether oxygens (including phenoxy) is 2. The second-order valence-electron chi connectivity index (χ2n) is 13.1. The van der Waals surface area contributed by atoms with Crippen molar-refractivity contribution < 1.29 is 28.7 Å². The minimum Gasteiger partial charge on any atom is -0.378 e. The monoisotopic (exact) mass is 761 g/mol. The summed E-state index contributed by atoms with van der Waals surface area (Å²) >= 11 is 3.35. The zero-order valence-corrected chi connectivity index (χ0v) is 30.2. The van der Waals surface area contributed by atoms with Gasteiger partial charge in [0.05, 0.1) is 31.9 Å². The van der Waals surface area contributed by atoms with E-state index in [2.05, 4.69) is 53.5 Å². The summed E-state index contributed by atoms with van der Waals surface area (Å²) in [6, 6.07) is 8.44. The van der Waals surface area contributed by atoms with Crippen LogP contribution in [0, 0.1) is 12.3 Å². The molecule has 2 aliphatic rings. The Morgan fingerprint density at radius 1 is 1.04 bits per heavy atom. The number of nitrogens with two attached hydrogens (primary N) is 1. The van der Waals surface area contributed by atoms with Gasteiger partial charge in [0.15, 0.2) is 5.78 Å². The molecular weight excluding hydrogens is 722 g/mol. The number of likely N-dealkylation sites (tertiary alicyclic amines) is 1. The van der Waals surface area contributed by atoms with E-state index in [9.17, 15) is 19.2 Å². The highest BCUT2D eigenvalue weighted by molar-refractivity contribution is 9.10. The van der Waals surface area contributed by atoms with Crippen LogP contribution < -0.4 is 16.4 Å². The molecule has 3 aromatic heterocycles. The molecule has 0 bridgehead atoms. The molecule has 15 nitrogen and oxygen atoms in total. The van der Waals surface area contributed by atoms with Gasteiger partial charge >= 0.3 is 0 Å². The lowest BCUT2D eigenvalue weighted by Crippen LogP contribution is -2.47. The van der Waals surface area contributed by atoms with Crippen molar-refractivity contribution in [2.24, 2.45) is 11.1 Å². The normalized spacial score (nSPS) is 19.2. The van der Waals surface area contributed by atoms with Crippen LogP contribution in [0.15, 0.2) is 47.3 Å². The smallest absolute Gasteiger partial charge is 0.248 e. The van der Waals surface area contributed by atoms with E-state index in [1.54, 1.807) is 23.4 Å². The maximum absolute atomic E-state index is 13.9. The van der Waals surface area contributed by atoms with Gasteiger partial charge in [0.1, 0.15) is 41.1 Å². The van der Waals surface area contributed by atoms with Crippen molar-refractivity contribution >= 4 is 56.2 Å². The van der Waals surface area contributed by atoms with Crippen molar-refractivity contribution in [3.63, 3.8) is 0 Å². The third kappa shape index (κ3) is 8.14. The molecule has 6 rings (SSSR count). The molecule has 3 atom stereocenters. The number of fused-ring (bicyclic) bond motifs is 2. The molecule has 51 heavy (non-hydrogen) atoms. The summed E-state index contributed by atoms with van der Waals surface area (Å²) in [7, 11) is 0. The number of rotatable bonds is 15. The summed E-state index contributed by atoms with van der Waals surface area (Å²) < 4.78 is 12.6. The molecule has 1 aliphatic carbocycles. The summed E-state index contributed by atoms with van der Waals surface area (Å²) in [5.74, 6) is -0.220. The third-order valence-corrected chi connectivity index (χ3v) is 9.69. The number of aromatic nitrogens is 5. The number of Topliss-reactive ketones (excluding diaryl/α,β-unsaturated/α-hetero) is 1. The van der Waals surface area contributed by atoms with E-state index in [1.807, 2.05) is 31.2 Å². The van der Waals surface area contributed by atoms with Gasteiger partial charge < -0.3 is 30.7 Å². The van der Waals surface area contributed by atoms with Crippen LogP contribution in [-0.2, 0) is 36.9 Å². The number of pyridine rings is 1. The molecule has 16 heteroatoms.